The van der Waals surface area contributed by atoms with Crippen LogP contribution in [-0.2, 0) is 11.2 Å². The van der Waals surface area contributed by atoms with E-state index >= 15 is 0 Å². The van der Waals surface area contributed by atoms with E-state index in [0.717, 1.165) is 24.0 Å². The van der Waals surface area contributed by atoms with Crippen molar-refractivity contribution in [3.05, 3.63) is 71.8 Å². The molecule has 0 bridgehead atoms. The van der Waals surface area contributed by atoms with Gasteiger partial charge in [0.1, 0.15) is 5.78 Å². The molecule has 2 nitrogen and oxygen atoms in total. The smallest absolute Gasteiger partial charge is 0.146 e. The van der Waals surface area contributed by atoms with Crippen molar-refractivity contribution >= 4 is 5.78 Å². The summed E-state index contributed by atoms with van der Waals surface area (Å²) in [5.74, 6) is 0.153. The summed E-state index contributed by atoms with van der Waals surface area (Å²) >= 11 is 0. The van der Waals surface area contributed by atoms with Crippen molar-refractivity contribution in [3.8, 4) is 0 Å². The number of ketones is 1. The Balaban J connectivity index is 1.77. The highest BCUT2D eigenvalue weighted by molar-refractivity contribution is 5.90. The Labute approximate surface area is 119 Å². The first-order chi connectivity index (χ1) is 9.72. The van der Waals surface area contributed by atoms with Crippen LogP contribution in [0.15, 0.2) is 60.7 Å². The molecular formula is C18H18O2. The van der Waals surface area contributed by atoms with E-state index in [1.807, 2.05) is 60.7 Å². The number of carbonyl (C=O) groups is 1. The minimum Gasteiger partial charge on any atom is -0.387 e. The molecule has 0 heterocycles. The minimum atomic E-state index is -0.681. The lowest BCUT2D eigenvalue weighted by molar-refractivity contribution is -0.127. The van der Waals surface area contributed by atoms with Gasteiger partial charge in [-0.15, -0.1) is 0 Å². The predicted molar refractivity (Wildman–Crippen MR) is 78.2 cm³/mol. The molecule has 0 aliphatic heterocycles. The number of aliphatic hydroxyl groups is 1. The predicted octanol–water partition coefficient (Wildman–Crippen LogP) is 3.31. The molecule has 1 saturated carbocycles. The van der Waals surface area contributed by atoms with Gasteiger partial charge in [0.15, 0.2) is 0 Å². The standard InChI is InChI=1S/C18H18O2/c19-16(13-14-7-3-1-4-8-14)18(11-12-18)17(20)15-9-5-2-6-10-15/h1-10,17,20H,11-13H2. The van der Waals surface area contributed by atoms with Gasteiger partial charge >= 0.3 is 0 Å². The van der Waals surface area contributed by atoms with Crippen LogP contribution in [0, 0.1) is 5.41 Å². The zero-order valence-corrected chi connectivity index (χ0v) is 11.3. The van der Waals surface area contributed by atoms with Crippen LogP contribution in [0.25, 0.3) is 0 Å². The topological polar surface area (TPSA) is 37.3 Å². The Hall–Kier alpha value is -1.93. The largest absolute Gasteiger partial charge is 0.387 e. The Morgan fingerprint density at radius 1 is 1.00 bits per heavy atom. The lowest BCUT2D eigenvalue weighted by atomic mass is 9.86. The van der Waals surface area contributed by atoms with Gasteiger partial charge in [-0.05, 0) is 24.0 Å². The quantitative estimate of drug-likeness (QED) is 0.901. The molecule has 0 radical (unpaired) electrons. The Morgan fingerprint density at radius 3 is 2.10 bits per heavy atom. The van der Waals surface area contributed by atoms with Gasteiger partial charge in [-0.2, -0.15) is 0 Å². The number of aliphatic hydroxyl groups excluding tert-OH is 1. The first kappa shape index (κ1) is 13.1. The fourth-order valence-corrected chi connectivity index (χ4v) is 2.75. The third-order valence-electron chi connectivity index (χ3n) is 4.19. The molecule has 1 N–H and O–H groups in total. The van der Waals surface area contributed by atoms with Crippen LogP contribution in [-0.4, -0.2) is 10.9 Å². The van der Waals surface area contributed by atoms with Gasteiger partial charge in [0.2, 0.25) is 0 Å². The third kappa shape index (κ3) is 2.39. The minimum absolute atomic E-state index is 0.153. The molecule has 1 fully saturated rings. The summed E-state index contributed by atoms with van der Waals surface area (Å²) in [4.78, 5) is 12.6. The van der Waals surface area contributed by atoms with Crippen molar-refractivity contribution in [2.45, 2.75) is 25.4 Å². The van der Waals surface area contributed by atoms with Crippen molar-refractivity contribution in [1.82, 2.24) is 0 Å². The SMILES string of the molecule is O=C(Cc1ccccc1)C1(C(O)c2ccccc2)CC1. The van der Waals surface area contributed by atoms with Gasteiger partial charge < -0.3 is 5.11 Å². The molecule has 2 aromatic carbocycles. The molecule has 1 aliphatic carbocycles. The number of hydrogen-bond donors (Lipinski definition) is 1. The van der Waals surface area contributed by atoms with E-state index in [1.54, 1.807) is 0 Å². The lowest BCUT2D eigenvalue weighted by Gasteiger charge is -2.21. The number of benzene rings is 2. The van der Waals surface area contributed by atoms with E-state index in [4.69, 9.17) is 0 Å². The molecule has 1 atom stereocenters. The highest BCUT2D eigenvalue weighted by atomic mass is 16.3. The average Bonchev–Trinajstić information content (AvgIpc) is 3.30. The second-order valence-corrected chi connectivity index (χ2v) is 5.55. The first-order valence-electron chi connectivity index (χ1n) is 7.03. The van der Waals surface area contributed by atoms with Crippen LogP contribution in [0.5, 0.6) is 0 Å². The van der Waals surface area contributed by atoms with Crippen LogP contribution >= 0.6 is 0 Å². The highest BCUT2D eigenvalue weighted by Crippen LogP contribution is 2.56. The van der Waals surface area contributed by atoms with E-state index in [-0.39, 0.29) is 5.78 Å². The fraction of sp³-hybridized carbons (Fsp3) is 0.278. The summed E-state index contributed by atoms with van der Waals surface area (Å²) in [5.41, 5.74) is 1.30. The highest BCUT2D eigenvalue weighted by Gasteiger charge is 2.54. The summed E-state index contributed by atoms with van der Waals surface area (Å²) in [7, 11) is 0. The molecule has 1 aliphatic rings. The van der Waals surface area contributed by atoms with E-state index in [1.165, 1.54) is 0 Å². The summed E-state index contributed by atoms with van der Waals surface area (Å²) < 4.78 is 0. The molecule has 1 unspecified atom stereocenters. The van der Waals surface area contributed by atoms with Crippen molar-refractivity contribution in [1.29, 1.82) is 0 Å². The number of Topliss-reactive ketones (excluding diaryl/α,β-unsaturated/α-hetero) is 1. The second-order valence-electron chi connectivity index (χ2n) is 5.55. The van der Waals surface area contributed by atoms with Gasteiger partial charge in [-0.3, -0.25) is 4.79 Å². The van der Waals surface area contributed by atoms with Gasteiger partial charge in [0.05, 0.1) is 11.5 Å². The Morgan fingerprint density at radius 2 is 1.55 bits per heavy atom. The van der Waals surface area contributed by atoms with Gasteiger partial charge in [0.25, 0.3) is 0 Å². The molecule has 3 rings (SSSR count). The zero-order chi connectivity index (χ0) is 14.0. The van der Waals surface area contributed by atoms with Gasteiger partial charge in [-0.25, -0.2) is 0 Å². The number of carbonyl (C=O) groups excluding carboxylic acids is 1. The van der Waals surface area contributed by atoms with E-state index in [9.17, 15) is 9.90 Å². The molecular weight excluding hydrogens is 248 g/mol. The molecule has 0 saturated heterocycles. The second kappa shape index (κ2) is 5.22. The van der Waals surface area contributed by atoms with Crippen LogP contribution in [0.1, 0.15) is 30.1 Å². The normalized spacial score (nSPS) is 17.4. The first-order valence-corrected chi connectivity index (χ1v) is 7.03. The van der Waals surface area contributed by atoms with E-state index < -0.39 is 11.5 Å². The van der Waals surface area contributed by atoms with Crippen LogP contribution < -0.4 is 0 Å². The summed E-state index contributed by atoms with van der Waals surface area (Å²) in [6, 6.07) is 19.2. The summed E-state index contributed by atoms with van der Waals surface area (Å²) in [6.45, 7) is 0. The lowest BCUT2D eigenvalue weighted by Crippen LogP contribution is -2.25. The number of hydrogen-bond acceptors (Lipinski definition) is 2. The molecule has 2 heteroatoms. The van der Waals surface area contributed by atoms with E-state index in [2.05, 4.69) is 0 Å². The molecule has 102 valence electrons. The van der Waals surface area contributed by atoms with Crippen LogP contribution in [0.3, 0.4) is 0 Å². The molecule has 0 amide bonds. The van der Waals surface area contributed by atoms with Gasteiger partial charge in [0, 0.05) is 6.42 Å². The maximum absolute atomic E-state index is 12.6. The maximum Gasteiger partial charge on any atom is 0.146 e. The van der Waals surface area contributed by atoms with Crippen molar-refractivity contribution in [2.75, 3.05) is 0 Å². The van der Waals surface area contributed by atoms with Crippen LogP contribution in [0.4, 0.5) is 0 Å². The third-order valence-corrected chi connectivity index (χ3v) is 4.19. The van der Waals surface area contributed by atoms with E-state index in [0.29, 0.717) is 6.42 Å². The number of rotatable bonds is 5. The summed E-state index contributed by atoms with van der Waals surface area (Å²) in [5, 5.41) is 10.5. The fourth-order valence-electron chi connectivity index (χ4n) is 2.75. The molecule has 0 aromatic heterocycles. The monoisotopic (exact) mass is 266 g/mol. The Bertz CT molecular complexity index is 585. The average molecular weight is 266 g/mol. The Kier molecular flexibility index (Phi) is 3.41. The van der Waals surface area contributed by atoms with Crippen molar-refractivity contribution in [3.63, 3.8) is 0 Å². The van der Waals surface area contributed by atoms with Crippen LogP contribution in [0.2, 0.25) is 0 Å². The molecule has 2 aromatic rings. The zero-order valence-electron chi connectivity index (χ0n) is 11.3. The molecule has 20 heavy (non-hydrogen) atoms. The van der Waals surface area contributed by atoms with Gasteiger partial charge in [-0.1, -0.05) is 60.7 Å². The summed E-state index contributed by atoms with van der Waals surface area (Å²) in [6.07, 6.45) is 1.30. The molecule has 0 spiro atoms. The van der Waals surface area contributed by atoms with Crippen molar-refractivity contribution in [2.24, 2.45) is 5.41 Å². The maximum atomic E-state index is 12.6. The van der Waals surface area contributed by atoms with Crippen molar-refractivity contribution < 1.29 is 9.90 Å².